The lowest BCUT2D eigenvalue weighted by Gasteiger charge is -2.23. The number of aromatic nitrogens is 2. The Bertz CT molecular complexity index is 1030. The van der Waals surface area contributed by atoms with Crippen LogP contribution in [0.15, 0.2) is 40.0 Å². The van der Waals surface area contributed by atoms with Gasteiger partial charge in [0.25, 0.3) is 5.91 Å². The Morgan fingerprint density at radius 3 is 2.72 bits per heavy atom. The molecule has 29 heavy (non-hydrogen) atoms. The van der Waals surface area contributed by atoms with E-state index in [-0.39, 0.29) is 11.7 Å². The van der Waals surface area contributed by atoms with E-state index < -0.39 is 12.1 Å². The van der Waals surface area contributed by atoms with Crippen molar-refractivity contribution in [1.29, 1.82) is 0 Å². The van der Waals surface area contributed by atoms with Gasteiger partial charge in [0, 0.05) is 18.5 Å². The number of ether oxygens (including phenoxy) is 1. The first kappa shape index (κ1) is 19.7. The maximum atomic E-state index is 12.5. The minimum atomic E-state index is -0.780. The summed E-state index contributed by atoms with van der Waals surface area (Å²) >= 11 is 1.22. The van der Waals surface area contributed by atoms with Crippen molar-refractivity contribution in [2.24, 2.45) is 0 Å². The lowest BCUT2D eigenvalue weighted by Crippen LogP contribution is -2.40. The monoisotopic (exact) mass is 413 g/mol. The molecule has 152 valence electrons. The molecule has 4 rings (SSSR count). The molecule has 0 radical (unpaired) electrons. The highest BCUT2D eigenvalue weighted by Gasteiger charge is 2.24. The third-order valence-electron chi connectivity index (χ3n) is 5.03. The normalized spacial score (nSPS) is 16.0. The van der Waals surface area contributed by atoms with Gasteiger partial charge in [0.05, 0.1) is 5.75 Å². The van der Waals surface area contributed by atoms with Crippen LogP contribution in [-0.4, -0.2) is 51.7 Å². The number of para-hydroxylation sites is 1. The van der Waals surface area contributed by atoms with Gasteiger partial charge in [-0.05, 0) is 31.9 Å². The Hall–Kier alpha value is -2.61. The average molecular weight is 413 g/mol. The van der Waals surface area contributed by atoms with E-state index in [1.54, 1.807) is 11.8 Å². The van der Waals surface area contributed by atoms with Gasteiger partial charge >= 0.3 is 5.97 Å². The van der Waals surface area contributed by atoms with Crippen LogP contribution < -0.4 is 0 Å². The van der Waals surface area contributed by atoms with Gasteiger partial charge in [-0.25, -0.2) is 9.97 Å². The lowest BCUT2D eigenvalue weighted by atomic mass is 10.2. The van der Waals surface area contributed by atoms with E-state index in [9.17, 15) is 9.59 Å². The first-order valence-corrected chi connectivity index (χ1v) is 10.9. The fourth-order valence-corrected chi connectivity index (χ4v) is 4.28. The van der Waals surface area contributed by atoms with Gasteiger partial charge in [-0.1, -0.05) is 36.7 Å². The number of rotatable bonds is 5. The standard InChI is InChI=1S/C21H23N3O4S/c1-14(21(26)24-10-6-2-3-7-11-24)27-17(25)12-29-20-19-18(22-13-23-20)15-8-4-5-9-16(15)28-19/h4-5,8-9,13-14H,2-3,6-7,10-12H2,1H3/t14-/m0/s1. The molecule has 1 atom stereocenters. The summed E-state index contributed by atoms with van der Waals surface area (Å²) in [5, 5.41) is 1.49. The molecular weight excluding hydrogens is 390 g/mol. The van der Waals surface area contributed by atoms with Gasteiger partial charge in [0.1, 0.15) is 22.5 Å². The quantitative estimate of drug-likeness (QED) is 0.357. The maximum absolute atomic E-state index is 12.5. The molecule has 0 N–H and O–H groups in total. The second-order valence-corrected chi connectivity index (χ2v) is 8.08. The fraction of sp³-hybridized carbons (Fsp3) is 0.429. The molecule has 1 fully saturated rings. The van der Waals surface area contributed by atoms with E-state index in [4.69, 9.17) is 9.15 Å². The van der Waals surface area contributed by atoms with Crippen molar-refractivity contribution in [3.8, 4) is 0 Å². The van der Waals surface area contributed by atoms with Gasteiger partial charge in [-0.2, -0.15) is 0 Å². The van der Waals surface area contributed by atoms with E-state index in [0.29, 0.717) is 10.6 Å². The summed E-state index contributed by atoms with van der Waals surface area (Å²) in [5.74, 6) is -0.527. The van der Waals surface area contributed by atoms with Crippen LogP contribution in [0.3, 0.4) is 0 Å². The summed E-state index contributed by atoms with van der Waals surface area (Å²) < 4.78 is 11.2. The van der Waals surface area contributed by atoms with Crippen molar-refractivity contribution < 1.29 is 18.7 Å². The van der Waals surface area contributed by atoms with Gasteiger partial charge in [-0.3, -0.25) is 9.59 Å². The molecule has 1 amide bonds. The zero-order chi connectivity index (χ0) is 20.2. The molecule has 1 aliphatic heterocycles. The number of hydrogen-bond donors (Lipinski definition) is 0. The molecule has 0 aliphatic carbocycles. The smallest absolute Gasteiger partial charge is 0.317 e. The number of esters is 1. The Morgan fingerprint density at radius 2 is 1.93 bits per heavy atom. The van der Waals surface area contributed by atoms with Crippen LogP contribution in [0.5, 0.6) is 0 Å². The molecule has 8 heteroatoms. The molecule has 0 unspecified atom stereocenters. The van der Waals surface area contributed by atoms with Crippen molar-refractivity contribution in [1.82, 2.24) is 14.9 Å². The summed E-state index contributed by atoms with van der Waals surface area (Å²) in [6, 6.07) is 7.63. The number of hydrogen-bond acceptors (Lipinski definition) is 7. The molecule has 0 spiro atoms. The number of carbonyl (C=O) groups is 2. The number of nitrogens with zero attached hydrogens (tertiary/aromatic N) is 3. The number of furan rings is 1. The van der Waals surface area contributed by atoms with Crippen LogP contribution in [0.25, 0.3) is 22.1 Å². The van der Waals surface area contributed by atoms with Gasteiger partial charge < -0.3 is 14.1 Å². The van der Waals surface area contributed by atoms with Crippen molar-refractivity contribution in [3.63, 3.8) is 0 Å². The third-order valence-corrected chi connectivity index (χ3v) is 5.97. The van der Waals surface area contributed by atoms with Crippen molar-refractivity contribution in [3.05, 3.63) is 30.6 Å². The van der Waals surface area contributed by atoms with E-state index >= 15 is 0 Å². The predicted octanol–water partition coefficient (Wildman–Crippen LogP) is 3.80. The van der Waals surface area contributed by atoms with Gasteiger partial charge in [-0.15, -0.1) is 0 Å². The number of fused-ring (bicyclic) bond motifs is 3. The fourth-order valence-electron chi connectivity index (χ4n) is 3.56. The van der Waals surface area contributed by atoms with Crippen LogP contribution in [-0.2, 0) is 14.3 Å². The summed E-state index contributed by atoms with van der Waals surface area (Å²) in [6.07, 6.45) is 4.97. The molecule has 3 aromatic rings. The van der Waals surface area contributed by atoms with Gasteiger partial charge in [0.2, 0.25) is 0 Å². The van der Waals surface area contributed by atoms with E-state index in [2.05, 4.69) is 9.97 Å². The highest BCUT2D eigenvalue weighted by atomic mass is 32.2. The zero-order valence-electron chi connectivity index (χ0n) is 16.3. The second-order valence-electron chi connectivity index (χ2n) is 7.12. The number of benzene rings is 1. The van der Waals surface area contributed by atoms with E-state index in [1.807, 2.05) is 24.3 Å². The van der Waals surface area contributed by atoms with Crippen molar-refractivity contribution in [2.45, 2.75) is 43.7 Å². The Kier molecular flexibility index (Phi) is 5.99. The Labute approximate surface area is 172 Å². The molecule has 2 aromatic heterocycles. The zero-order valence-corrected chi connectivity index (χ0v) is 17.1. The van der Waals surface area contributed by atoms with Crippen LogP contribution in [0.4, 0.5) is 0 Å². The van der Waals surface area contributed by atoms with E-state index in [1.165, 1.54) is 18.1 Å². The second kappa shape index (κ2) is 8.82. The predicted molar refractivity (Wildman–Crippen MR) is 111 cm³/mol. The summed E-state index contributed by atoms with van der Waals surface area (Å²) in [4.78, 5) is 35.2. The topological polar surface area (TPSA) is 85.5 Å². The lowest BCUT2D eigenvalue weighted by molar-refractivity contribution is -0.157. The van der Waals surface area contributed by atoms with Crippen LogP contribution in [0.2, 0.25) is 0 Å². The molecule has 3 heterocycles. The molecular formula is C21H23N3O4S. The van der Waals surface area contributed by atoms with E-state index in [0.717, 1.165) is 55.3 Å². The summed E-state index contributed by atoms with van der Waals surface area (Å²) in [7, 11) is 0. The van der Waals surface area contributed by atoms with Crippen molar-refractivity contribution >= 4 is 45.7 Å². The molecule has 1 aliphatic rings. The largest absolute Gasteiger partial charge is 0.452 e. The maximum Gasteiger partial charge on any atom is 0.317 e. The SMILES string of the molecule is C[C@H](OC(=O)CSc1ncnc2c1oc1ccccc12)C(=O)N1CCCCCC1. The average Bonchev–Trinajstić information content (AvgIpc) is 2.91. The first-order valence-electron chi connectivity index (χ1n) is 9.87. The minimum absolute atomic E-state index is 0.0424. The first-order chi connectivity index (χ1) is 14.1. The molecule has 0 bridgehead atoms. The third kappa shape index (κ3) is 4.37. The minimum Gasteiger partial charge on any atom is -0.452 e. The summed E-state index contributed by atoms with van der Waals surface area (Å²) in [5.41, 5.74) is 2.00. The van der Waals surface area contributed by atoms with Crippen LogP contribution in [0, 0.1) is 0 Å². The Morgan fingerprint density at radius 1 is 1.17 bits per heavy atom. The number of amides is 1. The van der Waals surface area contributed by atoms with Crippen molar-refractivity contribution in [2.75, 3.05) is 18.8 Å². The molecule has 7 nitrogen and oxygen atoms in total. The number of likely N-dealkylation sites (tertiary alicyclic amines) is 1. The molecule has 1 aromatic carbocycles. The summed E-state index contributed by atoms with van der Waals surface area (Å²) in [6.45, 7) is 3.11. The Balaban J connectivity index is 1.39. The number of carbonyl (C=O) groups excluding carboxylic acids is 2. The van der Waals surface area contributed by atoms with Crippen LogP contribution >= 0.6 is 11.8 Å². The molecule has 1 saturated heterocycles. The highest BCUT2D eigenvalue weighted by molar-refractivity contribution is 8.00. The number of thioether (sulfide) groups is 1. The molecule has 0 saturated carbocycles. The highest BCUT2D eigenvalue weighted by Crippen LogP contribution is 2.32. The van der Waals surface area contributed by atoms with Gasteiger partial charge in [0.15, 0.2) is 11.7 Å². The van der Waals surface area contributed by atoms with Crippen LogP contribution in [0.1, 0.15) is 32.6 Å².